The molecule has 1 aliphatic rings. The van der Waals surface area contributed by atoms with E-state index in [4.69, 9.17) is 22.6 Å². The highest BCUT2D eigenvalue weighted by molar-refractivity contribution is 9.10. The first kappa shape index (κ1) is 20.4. The Morgan fingerprint density at radius 3 is 2.71 bits per heavy atom. The Morgan fingerprint density at radius 1 is 1.29 bits per heavy atom. The third kappa shape index (κ3) is 5.14. The number of rotatable bonds is 4. The van der Waals surface area contributed by atoms with Gasteiger partial charge < -0.3 is 26.9 Å². The third-order valence-electron chi connectivity index (χ3n) is 4.33. The number of benzene rings is 1. The second-order valence-corrected chi connectivity index (χ2v) is 7.64. The zero-order valence-electron chi connectivity index (χ0n) is 14.7. The molecule has 1 heterocycles. The van der Waals surface area contributed by atoms with Gasteiger partial charge in [0.2, 0.25) is 11.7 Å². The molecule has 0 amide bonds. The third-order valence-corrected chi connectivity index (χ3v) is 5.16. The Balaban J connectivity index is 1.65. The SMILES string of the molecule is NC1CCC(NC(=S)Nc2nonc2/C(=N/O)Nc2ccc(F)c(Br)c2)CC1. The van der Waals surface area contributed by atoms with Gasteiger partial charge in [0.25, 0.3) is 0 Å². The van der Waals surface area contributed by atoms with Gasteiger partial charge >= 0.3 is 0 Å². The summed E-state index contributed by atoms with van der Waals surface area (Å²) in [5.41, 5.74) is 6.49. The maximum atomic E-state index is 13.4. The number of nitrogens with zero attached hydrogens (tertiary/aromatic N) is 3. The number of anilines is 2. The molecule has 1 saturated carbocycles. The summed E-state index contributed by atoms with van der Waals surface area (Å²) in [4.78, 5) is 0. The second-order valence-electron chi connectivity index (χ2n) is 6.37. The number of amidine groups is 1. The topological polar surface area (TPSA) is 134 Å². The maximum absolute atomic E-state index is 13.4. The highest BCUT2D eigenvalue weighted by atomic mass is 79.9. The molecule has 28 heavy (non-hydrogen) atoms. The van der Waals surface area contributed by atoms with Crippen LogP contribution in [-0.4, -0.2) is 38.6 Å². The van der Waals surface area contributed by atoms with Crippen molar-refractivity contribution in [1.82, 2.24) is 15.6 Å². The predicted molar refractivity (Wildman–Crippen MR) is 110 cm³/mol. The van der Waals surface area contributed by atoms with Crippen molar-refractivity contribution in [3.05, 3.63) is 34.2 Å². The summed E-state index contributed by atoms with van der Waals surface area (Å²) in [5.74, 6) is -0.293. The van der Waals surface area contributed by atoms with Crippen LogP contribution in [0.25, 0.3) is 0 Å². The van der Waals surface area contributed by atoms with E-state index in [1.807, 2.05) is 0 Å². The van der Waals surface area contributed by atoms with Gasteiger partial charge in [0.05, 0.1) is 4.47 Å². The van der Waals surface area contributed by atoms with Gasteiger partial charge in [0.15, 0.2) is 10.8 Å². The van der Waals surface area contributed by atoms with Crippen molar-refractivity contribution in [2.45, 2.75) is 37.8 Å². The lowest BCUT2D eigenvalue weighted by Gasteiger charge is -2.27. The van der Waals surface area contributed by atoms with E-state index >= 15 is 0 Å². The summed E-state index contributed by atoms with van der Waals surface area (Å²) < 4.78 is 18.4. The lowest BCUT2D eigenvalue weighted by Crippen LogP contribution is -2.42. The van der Waals surface area contributed by atoms with Crippen molar-refractivity contribution in [3.8, 4) is 0 Å². The van der Waals surface area contributed by atoms with Gasteiger partial charge in [-0.05, 0) is 82.3 Å². The van der Waals surface area contributed by atoms with Crippen LogP contribution < -0.4 is 21.7 Å². The van der Waals surface area contributed by atoms with Crippen molar-refractivity contribution in [3.63, 3.8) is 0 Å². The quantitative estimate of drug-likeness (QED) is 0.150. The van der Waals surface area contributed by atoms with Gasteiger partial charge in [-0.25, -0.2) is 9.02 Å². The molecule has 0 unspecified atom stereocenters. The largest absolute Gasteiger partial charge is 0.409 e. The molecular weight excluding hydrogens is 453 g/mol. The molecule has 0 bridgehead atoms. The molecule has 3 rings (SSSR count). The average Bonchev–Trinajstić information content (AvgIpc) is 3.12. The van der Waals surface area contributed by atoms with Crippen molar-refractivity contribution in [2.75, 3.05) is 10.6 Å². The molecule has 1 aromatic carbocycles. The fraction of sp³-hybridized carbons (Fsp3) is 0.375. The van der Waals surface area contributed by atoms with Crippen LogP contribution in [-0.2, 0) is 0 Å². The number of aromatic nitrogens is 2. The lowest BCUT2D eigenvalue weighted by molar-refractivity contribution is 0.305. The van der Waals surface area contributed by atoms with Gasteiger partial charge in [0, 0.05) is 17.8 Å². The Labute approximate surface area is 174 Å². The zero-order chi connectivity index (χ0) is 20.1. The van der Waals surface area contributed by atoms with E-state index in [1.165, 1.54) is 18.2 Å². The summed E-state index contributed by atoms with van der Waals surface area (Å²) in [7, 11) is 0. The van der Waals surface area contributed by atoms with Crippen molar-refractivity contribution in [1.29, 1.82) is 0 Å². The molecule has 9 nitrogen and oxygen atoms in total. The van der Waals surface area contributed by atoms with Gasteiger partial charge in [-0.1, -0.05) is 5.16 Å². The van der Waals surface area contributed by atoms with Crippen LogP contribution in [0.15, 0.2) is 32.5 Å². The van der Waals surface area contributed by atoms with Crippen LogP contribution in [0.2, 0.25) is 0 Å². The molecule has 150 valence electrons. The summed E-state index contributed by atoms with van der Waals surface area (Å²) in [5, 5.41) is 29.3. The van der Waals surface area contributed by atoms with Crippen LogP contribution in [0.3, 0.4) is 0 Å². The standard InChI is InChI=1S/C16H19BrFN7O2S/c17-11-7-10(5-6-12(11)18)20-14(23-26)13-15(25-27-24-13)22-16(28)21-9-3-1-8(19)2-4-9/h5-9,26H,1-4,19H2,(H,20,23)(H2,21,22,25,28). The van der Waals surface area contributed by atoms with E-state index in [0.29, 0.717) is 10.8 Å². The maximum Gasteiger partial charge on any atom is 0.208 e. The molecule has 0 atom stereocenters. The van der Waals surface area contributed by atoms with E-state index in [0.717, 1.165) is 25.7 Å². The van der Waals surface area contributed by atoms with Crippen LogP contribution in [0.1, 0.15) is 31.4 Å². The van der Waals surface area contributed by atoms with Crippen LogP contribution in [0, 0.1) is 5.82 Å². The molecule has 12 heteroatoms. The second kappa shape index (κ2) is 9.26. The van der Waals surface area contributed by atoms with Gasteiger partial charge in [0.1, 0.15) is 5.82 Å². The Morgan fingerprint density at radius 2 is 2.04 bits per heavy atom. The lowest BCUT2D eigenvalue weighted by atomic mass is 9.92. The number of thiocarbonyl (C=S) groups is 1. The smallest absolute Gasteiger partial charge is 0.208 e. The van der Waals surface area contributed by atoms with Gasteiger partial charge in [-0.2, -0.15) is 0 Å². The first-order valence-corrected chi connectivity index (χ1v) is 9.76. The number of hydrogen-bond acceptors (Lipinski definition) is 7. The summed E-state index contributed by atoms with van der Waals surface area (Å²) >= 11 is 8.42. The van der Waals surface area contributed by atoms with Crippen molar-refractivity contribution in [2.24, 2.45) is 10.9 Å². The van der Waals surface area contributed by atoms with E-state index in [-0.39, 0.29) is 33.9 Å². The fourth-order valence-corrected chi connectivity index (χ4v) is 3.50. The van der Waals surface area contributed by atoms with E-state index in [2.05, 4.69) is 47.3 Å². The molecule has 0 saturated heterocycles. The van der Waals surface area contributed by atoms with E-state index in [9.17, 15) is 9.60 Å². The first-order valence-electron chi connectivity index (χ1n) is 8.56. The molecule has 2 aromatic rings. The number of hydrogen-bond donors (Lipinski definition) is 5. The minimum Gasteiger partial charge on any atom is -0.409 e. The molecule has 1 fully saturated rings. The number of halogens is 2. The number of nitrogens with one attached hydrogen (secondary N) is 3. The molecular formula is C16H19BrFN7O2S. The number of nitrogens with two attached hydrogens (primary N) is 1. The molecule has 0 spiro atoms. The summed E-state index contributed by atoms with van der Waals surface area (Å²) in [6.45, 7) is 0. The van der Waals surface area contributed by atoms with Crippen LogP contribution in [0.5, 0.6) is 0 Å². The van der Waals surface area contributed by atoms with E-state index < -0.39 is 5.82 Å². The van der Waals surface area contributed by atoms with Gasteiger partial charge in [-0.15, -0.1) is 0 Å². The molecule has 1 aromatic heterocycles. The molecule has 6 N–H and O–H groups in total. The Bertz CT molecular complexity index is 870. The minimum atomic E-state index is -0.418. The Hall–Kier alpha value is -2.31. The minimum absolute atomic E-state index is 0.0475. The molecule has 0 radical (unpaired) electrons. The van der Waals surface area contributed by atoms with E-state index in [1.54, 1.807) is 0 Å². The number of oxime groups is 1. The monoisotopic (exact) mass is 471 g/mol. The van der Waals surface area contributed by atoms with Crippen molar-refractivity contribution < 1.29 is 14.2 Å². The molecule has 1 aliphatic carbocycles. The van der Waals surface area contributed by atoms with Crippen LogP contribution >= 0.6 is 28.1 Å². The molecule has 0 aliphatic heterocycles. The van der Waals surface area contributed by atoms with Crippen LogP contribution in [0.4, 0.5) is 15.9 Å². The normalized spacial score (nSPS) is 19.9. The Kier molecular flexibility index (Phi) is 6.75. The highest BCUT2D eigenvalue weighted by Gasteiger charge is 2.22. The van der Waals surface area contributed by atoms with Crippen molar-refractivity contribution >= 4 is 50.6 Å². The fourth-order valence-electron chi connectivity index (χ4n) is 2.86. The predicted octanol–water partition coefficient (Wildman–Crippen LogP) is 2.78. The zero-order valence-corrected chi connectivity index (χ0v) is 17.1. The van der Waals surface area contributed by atoms with Gasteiger partial charge in [-0.3, -0.25) is 0 Å². The summed E-state index contributed by atoms with van der Waals surface area (Å²) in [6.07, 6.45) is 3.74. The highest BCUT2D eigenvalue weighted by Crippen LogP contribution is 2.22. The first-order chi connectivity index (χ1) is 13.5. The average molecular weight is 472 g/mol. The summed E-state index contributed by atoms with van der Waals surface area (Å²) in [6, 6.07) is 4.69.